The van der Waals surface area contributed by atoms with Crippen molar-refractivity contribution in [1.82, 2.24) is 4.90 Å². The molecular weight excluding hydrogens is 295 g/mol. The number of nitrogens with two attached hydrogens (primary N) is 1. The molecule has 1 fully saturated rings. The second-order valence-electron chi connectivity index (χ2n) is 6.08. The van der Waals surface area contributed by atoms with Gasteiger partial charge in [0.1, 0.15) is 17.8 Å². The third-order valence-corrected chi connectivity index (χ3v) is 4.42. The lowest BCUT2D eigenvalue weighted by Crippen LogP contribution is -2.38. The van der Waals surface area contributed by atoms with E-state index in [0.29, 0.717) is 23.8 Å². The molecule has 2 aromatic rings. The van der Waals surface area contributed by atoms with Gasteiger partial charge in [0.05, 0.1) is 12.1 Å². The van der Waals surface area contributed by atoms with Gasteiger partial charge < -0.3 is 15.1 Å². The number of furan rings is 1. The van der Waals surface area contributed by atoms with Gasteiger partial charge in [-0.25, -0.2) is 4.39 Å². The predicted octanol–water partition coefficient (Wildman–Crippen LogP) is 2.97. The molecule has 3 rings (SSSR count). The summed E-state index contributed by atoms with van der Waals surface area (Å²) in [4.78, 5) is 14.3. The Kier molecular flexibility index (Phi) is 4.76. The highest BCUT2D eigenvalue weighted by Crippen LogP contribution is 2.23. The van der Waals surface area contributed by atoms with Crippen LogP contribution in [0.25, 0.3) is 0 Å². The van der Waals surface area contributed by atoms with E-state index in [1.54, 1.807) is 18.2 Å². The molecule has 23 heavy (non-hydrogen) atoms. The number of benzene rings is 1. The maximum absolute atomic E-state index is 13.2. The molecule has 1 aromatic heterocycles. The van der Waals surface area contributed by atoms with Crippen LogP contribution in [0, 0.1) is 11.7 Å². The third-order valence-electron chi connectivity index (χ3n) is 4.42. The van der Waals surface area contributed by atoms with Crippen LogP contribution in [-0.2, 0) is 13.0 Å². The maximum atomic E-state index is 13.2. The molecular formula is C18H21FN2O2. The first kappa shape index (κ1) is 15.7. The Morgan fingerprint density at radius 3 is 2.74 bits per heavy atom. The van der Waals surface area contributed by atoms with E-state index in [1.165, 1.54) is 12.3 Å². The average Bonchev–Trinajstić information content (AvgIpc) is 3.04. The van der Waals surface area contributed by atoms with E-state index in [4.69, 9.17) is 10.2 Å². The van der Waals surface area contributed by atoms with Crippen LogP contribution in [0.4, 0.5) is 4.39 Å². The van der Waals surface area contributed by atoms with Crippen molar-refractivity contribution >= 4 is 5.91 Å². The topological polar surface area (TPSA) is 59.5 Å². The van der Waals surface area contributed by atoms with Gasteiger partial charge in [0.15, 0.2) is 0 Å². The Hall–Kier alpha value is -2.14. The quantitative estimate of drug-likeness (QED) is 0.943. The number of carbonyl (C=O) groups is 1. The van der Waals surface area contributed by atoms with Crippen molar-refractivity contribution < 1.29 is 13.6 Å². The summed E-state index contributed by atoms with van der Waals surface area (Å²) < 4.78 is 18.5. The first-order valence-corrected chi connectivity index (χ1v) is 7.97. The van der Waals surface area contributed by atoms with Gasteiger partial charge in [0, 0.05) is 13.1 Å². The van der Waals surface area contributed by atoms with Gasteiger partial charge in [0.2, 0.25) is 0 Å². The van der Waals surface area contributed by atoms with Crippen LogP contribution < -0.4 is 5.73 Å². The number of hydrogen-bond acceptors (Lipinski definition) is 3. The number of hydrogen-bond donors (Lipinski definition) is 1. The molecule has 5 heteroatoms. The SMILES string of the molecule is NCc1cc(C(=O)N2CCC(Cc3cccc(F)c3)CC2)co1. The van der Waals surface area contributed by atoms with Crippen molar-refractivity contribution in [3.8, 4) is 0 Å². The summed E-state index contributed by atoms with van der Waals surface area (Å²) in [6.07, 6.45) is 4.21. The zero-order chi connectivity index (χ0) is 16.2. The van der Waals surface area contributed by atoms with Crippen LogP contribution >= 0.6 is 0 Å². The Bertz CT molecular complexity index is 675. The first-order valence-electron chi connectivity index (χ1n) is 7.97. The van der Waals surface area contributed by atoms with E-state index in [0.717, 1.165) is 37.9 Å². The van der Waals surface area contributed by atoms with Gasteiger partial charge >= 0.3 is 0 Å². The molecule has 1 aliphatic heterocycles. The van der Waals surface area contributed by atoms with Gasteiger partial charge in [-0.15, -0.1) is 0 Å². The Labute approximate surface area is 135 Å². The van der Waals surface area contributed by atoms with Crippen molar-refractivity contribution in [2.45, 2.75) is 25.8 Å². The molecule has 0 saturated carbocycles. The second kappa shape index (κ2) is 6.96. The molecule has 2 heterocycles. The van der Waals surface area contributed by atoms with Gasteiger partial charge in [-0.3, -0.25) is 4.79 Å². The van der Waals surface area contributed by atoms with Crippen molar-refractivity contribution in [1.29, 1.82) is 0 Å². The van der Waals surface area contributed by atoms with E-state index >= 15 is 0 Å². The molecule has 2 N–H and O–H groups in total. The van der Waals surface area contributed by atoms with Crippen LogP contribution in [0.5, 0.6) is 0 Å². The summed E-state index contributed by atoms with van der Waals surface area (Å²) in [5.41, 5.74) is 7.09. The molecule has 4 nitrogen and oxygen atoms in total. The number of nitrogens with zero attached hydrogens (tertiary/aromatic N) is 1. The molecule has 122 valence electrons. The van der Waals surface area contributed by atoms with E-state index in [-0.39, 0.29) is 11.7 Å². The highest BCUT2D eigenvalue weighted by Gasteiger charge is 2.24. The first-order chi connectivity index (χ1) is 11.2. The lowest BCUT2D eigenvalue weighted by atomic mass is 9.90. The number of likely N-dealkylation sites (tertiary alicyclic amines) is 1. The van der Waals surface area contributed by atoms with Crippen LogP contribution in [0.2, 0.25) is 0 Å². The standard InChI is InChI=1S/C18H21FN2O2/c19-16-3-1-2-14(9-16)8-13-4-6-21(7-5-13)18(22)15-10-17(11-20)23-12-15/h1-3,9-10,12-13H,4-8,11,20H2. The van der Waals surface area contributed by atoms with Gasteiger partial charge in [-0.2, -0.15) is 0 Å². The largest absolute Gasteiger partial charge is 0.467 e. The fourth-order valence-electron chi connectivity index (χ4n) is 3.12. The minimum atomic E-state index is -0.189. The smallest absolute Gasteiger partial charge is 0.257 e. The summed E-state index contributed by atoms with van der Waals surface area (Å²) in [5.74, 6) is 0.919. The fraction of sp³-hybridized carbons (Fsp3) is 0.389. The van der Waals surface area contributed by atoms with Crippen molar-refractivity contribution in [2.24, 2.45) is 11.7 Å². The second-order valence-corrected chi connectivity index (χ2v) is 6.08. The molecule has 0 bridgehead atoms. The van der Waals surface area contributed by atoms with Crippen LogP contribution in [0.3, 0.4) is 0 Å². The number of carbonyl (C=O) groups excluding carboxylic acids is 1. The number of rotatable bonds is 4. The highest BCUT2D eigenvalue weighted by atomic mass is 19.1. The zero-order valence-corrected chi connectivity index (χ0v) is 13.0. The number of halogens is 1. The zero-order valence-electron chi connectivity index (χ0n) is 13.0. The summed E-state index contributed by atoms with van der Waals surface area (Å²) in [5, 5.41) is 0. The Morgan fingerprint density at radius 1 is 1.30 bits per heavy atom. The molecule has 0 spiro atoms. The highest BCUT2D eigenvalue weighted by molar-refractivity contribution is 5.94. The van der Waals surface area contributed by atoms with Gasteiger partial charge in [-0.1, -0.05) is 12.1 Å². The summed E-state index contributed by atoms with van der Waals surface area (Å²) in [6, 6.07) is 8.47. The lowest BCUT2D eigenvalue weighted by molar-refractivity contribution is 0.0690. The molecule has 0 atom stereocenters. The van der Waals surface area contributed by atoms with Gasteiger partial charge in [0.25, 0.3) is 5.91 Å². The van der Waals surface area contributed by atoms with Gasteiger partial charge in [-0.05, 0) is 48.9 Å². The van der Waals surface area contributed by atoms with Crippen LogP contribution in [0.1, 0.15) is 34.5 Å². The molecule has 1 amide bonds. The fourth-order valence-corrected chi connectivity index (χ4v) is 3.12. The van der Waals surface area contributed by atoms with Crippen LogP contribution in [-0.4, -0.2) is 23.9 Å². The van der Waals surface area contributed by atoms with Crippen LogP contribution in [0.15, 0.2) is 41.0 Å². The van der Waals surface area contributed by atoms with Crippen molar-refractivity contribution in [3.05, 3.63) is 59.3 Å². The molecule has 1 saturated heterocycles. The summed E-state index contributed by atoms with van der Waals surface area (Å²) in [6.45, 7) is 1.74. The Balaban J connectivity index is 1.54. The molecule has 1 aliphatic rings. The summed E-state index contributed by atoms with van der Waals surface area (Å²) in [7, 11) is 0. The minimum absolute atomic E-state index is 0.00217. The van der Waals surface area contributed by atoms with Crippen molar-refractivity contribution in [2.75, 3.05) is 13.1 Å². The summed E-state index contributed by atoms with van der Waals surface area (Å²) >= 11 is 0. The minimum Gasteiger partial charge on any atom is -0.467 e. The lowest BCUT2D eigenvalue weighted by Gasteiger charge is -2.31. The van der Waals surface area contributed by atoms with E-state index in [1.807, 2.05) is 11.0 Å². The predicted molar refractivity (Wildman–Crippen MR) is 85.3 cm³/mol. The maximum Gasteiger partial charge on any atom is 0.257 e. The molecule has 1 aromatic carbocycles. The molecule has 0 radical (unpaired) electrons. The molecule has 0 aliphatic carbocycles. The van der Waals surface area contributed by atoms with E-state index < -0.39 is 0 Å². The van der Waals surface area contributed by atoms with E-state index in [9.17, 15) is 9.18 Å². The van der Waals surface area contributed by atoms with Crippen molar-refractivity contribution in [3.63, 3.8) is 0 Å². The third kappa shape index (κ3) is 3.79. The number of piperidine rings is 1. The monoisotopic (exact) mass is 316 g/mol. The number of amides is 1. The Morgan fingerprint density at radius 2 is 2.09 bits per heavy atom. The van der Waals surface area contributed by atoms with E-state index in [2.05, 4.69) is 0 Å². The average molecular weight is 316 g/mol. The molecule has 0 unspecified atom stereocenters. The normalized spacial score (nSPS) is 15.8.